The molecule has 0 aliphatic rings. The van der Waals surface area contributed by atoms with Gasteiger partial charge in [0.05, 0.1) is 13.2 Å². The molecule has 0 radical (unpaired) electrons. The molecule has 0 saturated heterocycles. The monoisotopic (exact) mass is 282 g/mol. The Hall–Kier alpha value is -0.870. The highest BCUT2D eigenvalue weighted by atomic mass is 35.5. The summed E-state index contributed by atoms with van der Waals surface area (Å²) in [7, 11) is 0. The van der Waals surface area contributed by atoms with Crippen LogP contribution in [-0.2, 0) is 11.8 Å². The lowest BCUT2D eigenvalue weighted by Crippen LogP contribution is -2.37. The van der Waals surface area contributed by atoms with Crippen LogP contribution in [0.5, 0.6) is 0 Å². The van der Waals surface area contributed by atoms with Crippen LogP contribution < -0.4 is 0 Å². The maximum absolute atomic E-state index is 9.74. The minimum Gasteiger partial charge on any atom is -0.395 e. The fourth-order valence-corrected chi connectivity index (χ4v) is 3.25. The summed E-state index contributed by atoms with van der Waals surface area (Å²) in [5, 5.41) is 22.0. The largest absolute Gasteiger partial charge is 0.395 e. The molecule has 0 aliphatic carbocycles. The minimum absolute atomic E-state index is 0.134. The Balaban J connectivity index is 2.40. The van der Waals surface area contributed by atoms with E-state index >= 15 is 0 Å². The predicted octanol–water partition coefficient (Wildman–Crippen LogP) is 2.87. The van der Waals surface area contributed by atoms with Gasteiger partial charge >= 0.3 is 0 Å². The van der Waals surface area contributed by atoms with E-state index in [2.05, 4.69) is 0 Å². The summed E-state index contributed by atoms with van der Waals surface area (Å²) in [6.07, 6.45) is 0.585. The van der Waals surface area contributed by atoms with Gasteiger partial charge in [0.1, 0.15) is 0 Å². The lowest BCUT2D eigenvalue weighted by molar-refractivity contribution is 0.117. The first-order valence-corrected chi connectivity index (χ1v) is 6.97. The topological polar surface area (TPSA) is 40.5 Å². The maximum atomic E-state index is 9.74. The van der Waals surface area contributed by atoms with Crippen LogP contribution in [0.25, 0.3) is 0 Å². The summed E-state index contributed by atoms with van der Waals surface area (Å²) in [6, 6.07) is 11.3. The molecule has 1 aromatic carbocycles. The van der Waals surface area contributed by atoms with Gasteiger partial charge in [-0.1, -0.05) is 35.9 Å². The average molecular weight is 283 g/mol. The SMILES string of the molecule is OCC(CO)(Cc1cccs1)c1ccccc1Cl. The first-order chi connectivity index (χ1) is 8.72. The molecular formula is C14H15ClO2S. The van der Waals surface area contributed by atoms with E-state index in [0.29, 0.717) is 11.4 Å². The minimum atomic E-state index is -0.719. The van der Waals surface area contributed by atoms with Gasteiger partial charge in [0, 0.05) is 15.3 Å². The zero-order chi connectivity index (χ0) is 13.0. The van der Waals surface area contributed by atoms with E-state index in [4.69, 9.17) is 11.6 Å². The third kappa shape index (κ3) is 2.59. The van der Waals surface area contributed by atoms with Crippen molar-refractivity contribution in [1.29, 1.82) is 0 Å². The van der Waals surface area contributed by atoms with Crippen LogP contribution in [0.1, 0.15) is 10.4 Å². The first kappa shape index (κ1) is 13.6. The second kappa shape index (κ2) is 5.85. The van der Waals surface area contributed by atoms with Gasteiger partial charge in [-0.2, -0.15) is 0 Å². The van der Waals surface area contributed by atoms with Gasteiger partial charge in [-0.3, -0.25) is 0 Å². The number of hydrogen-bond acceptors (Lipinski definition) is 3. The van der Waals surface area contributed by atoms with E-state index in [1.807, 2.05) is 35.7 Å². The van der Waals surface area contributed by atoms with E-state index < -0.39 is 5.41 Å². The molecule has 1 aromatic heterocycles. The normalized spacial score (nSPS) is 11.7. The Morgan fingerprint density at radius 1 is 1.06 bits per heavy atom. The zero-order valence-corrected chi connectivity index (χ0v) is 11.4. The third-order valence-electron chi connectivity index (χ3n) is 3.14. The van der Waals surface area contributed by atoms with Crippen molar-refractivity contribution in [2.24, 2.45) is 0 Å². The molecule has 0 spiro atoms. The van der Waals surface area contributed by atoms with E-state index in [9.17, 15) is 10.2 Å². The molecule has 18 heavy (non-hydrogen) atoms. The molecule has 2 N–H and O–H groups in total. The standard InChI is InChI=1S/C14H15ClO2S/c15-13-6-2-1-5-12(13)14(9-16,10-17)8-11-4-3-7-18-11/h1-7,16-17H,8-10H2. The molecule has 4 heteroatoms. The molecule has 2 rings (SSSR count). The van der Waals surface area contributed by atoms with Gasteiger partial charge < -0.3 is 10.2 Å². The van der Waals surface area contributed by atoms with Crippen molar-refractivity contribution in [1.82, 2.24) is 0 Å². The Kier molecular flexibility index (Phi) is 4.40. The number of aliphatic hydroxyl groups excluding tert-OH is 2. The molecule has 0 saturated carbocycles. The van der Waals surface area contributed by atoms with E-state index in [1.165, 1.54) is 0 Å². The Labute approximate surface area is 115 Å². The third-order valence-corrected chi connectivity index (χ3v) is 4.35. The first-order valence-electron chi connectivity index (χ1n) is 5.71. The van der Waals surface area contributed by atoms with Crippen molar-refractivity contribution in [3.63, 3.8) is 0 Å². The highest BCUT2D eigenvalue weighted by Crippen LogP contribution is 2.34. The maximum Gasteiger partial charge on any atom is 0.0554 e. The highest BCUT2D eigenvalue weighted by molar-refractivity contribution is 7.09. The predicted molar refractivity (Wildman–Crippen MR) is 75.3 cm³/mol. The van der Waals surface area contributed by atoms with E-state index in [1.54, 1.807) is 17.4 Å². The van der Waals surface area contributed by atoms with Crippen LogP contribution in [0.4, 0.5) is 0 Å². The van der Waals surface area contributed by atoms with Crippen molar-refractivity contribution < 1.29 is 10.2 Å². The van der Waals surface area contributed by atoms with Gasteiger partial charge in [0.25, 0.3) is 0 Å². The number of thiophene rings is 1. The van der Waals surface area contributed by atoms with E-state index in [0.717, 1.165) is 10.4 Å². The summed E-state index contributed by atoms with van der Waals surface area (Å²) in [5.41, 5.74) is 0.0773. The van der Waals surface area contributed by atoms with Crippen molar-refractivity contribution in [2.75, 3.05) is 13.2 Å². The molecule has 0 atom stereocenters. The quantitative estimate of drug-likeness (QED) is 0.885. The van der Waals surface area contributed by atoms with Crippen molar-refractivity contribution in [3.05, 3.63) is 57.2 Å². The summed E-state index contributed by atoms with van der Waals surface area (Å²) in [4.78, 5) is 1.12. The van der Waals surface area contributed by atoms with Gasteiger partial charge in [-0.15, -0.1) is 11.3 Å². The average Bonchev–Trinajstić information content (AvgIpc) is 2.90. The Morgan fingerprint density at radius 3 is 2.33 bits per heavy atom. The van der Waals surface area contributed by atoms with Crippen molar-refractivity contribution in [3.8, 4) is 0 Å². The fourth-order valence-electron chi connectivity index (χ4n) is 2.07. The van der Waals surface area contributed by atoms with Crippen molar-refractivity contribution >= 4 is 22.9 Å². The Morgan fingerprint density at radius 2 is 1.78 bits per heavy atom. The molecule has 0 bridgehead atoms. The zero-order valence-electron chi connectivity index (χ0n) is 9.84. The smallest absolute Gasteiger partial charge is 0.0554 e. The summed E-state index contributed by atoms with van der Waals surface area (Å²) < 4.78 is 0. The summed E-state index contributed by atoms with van der Waals surface area (Å²) in [6.45, 7) is -0.268. The van der Waals surface area contributed by atoms with Crippen molar-refractivity contribution in [2.45, 2.75) is 11.8 Å². The molecule has 96 valence electrons. The van der Waals surface area contributed by atoms with Crippen LogP contribution in [0.3, 0.4) is 0 Å². The van der Waals surface area contributed by atoms with Gasteiger partial charge in [-0.25, -0.2) is 0 Å². The molecule has 2 aromatic rings. The summed E-state index contributed by atoms with van der Waals surface area (Å²) >= 11 is 7.80. The van der Waals surface area contributed by atoms with Crippen LogP contribution in [0, 0.1) is 0 Å². The number of halogens is 1. The second-order valence-corrected chi connectivity index (χ2v) is 5.77. The summed E-state index contributed by atoms with van der Waals surface area (Å²) in [5.74, 6) is 0. The molecule has 0 aliphatic heterocycles. The number of rotatable bonds is 5. The molecule has 2 nitrogen and oxygen atoms in total. The molecular weight excluding hydrogens is 268 g/mol. The van der Waals surface area contributed by atoms with Crippen LogP contribution in [-0.4, -0.2) is 23.4 Å². The van der Waals surface area contributed by atoms with Gasteiger partial charge in [0.15, 0.2) is 0 Å². The Bertz CT molecular complexity index is 492. The molecule has 0 fully saturated rings. The fraction of sp³-hybridized carbons (Fsp3) is 0.286. The number of hydrogen-bond donors (Lipinski definition) is 2. The van der Waals surface area contributed by atoms with Crippen LogP contribution >= 0.6 is 22.9 Å². The molecule has 0 unspecified atom stereocenters. The molecule has 1 heterocycles. The lowest BCUT2D eigenvalue weighted by atomic mass is 9.78. The van der Waals surface area contributed by atoms with Gasteiger partial charge in [-0.05, 0) is 29.5 Å². The second-order valence-electron chi connectivity index (χ2n) is 4.33. The number of benzene rings is 1. The molecule has 0 amide bonds. The highest BCUT2D eigenvalue weighted by Gasteiger charge is 2.33. The van der Waals surface area contributed by atoms with Crippen LogP contribution in [0.15, 0.2) is 41.8 Å². The van der Waals surface area contributed by atoms with Crippen LogP contribution in [0.2, 0.25) is 5.02 Å². The van der Waals surface area contributed by atoms with E-state index in [-0.39, 0.29) is 13.2 Å². The lowest BCUT2D eigenvalue weighted by Gasteiger charge is -2.30. The number of aliphatic hydroxyl groups is 2. The van der Waals surface area contributed by atoms with Gasteiger partial charge in [0.2, 0.25) is 0 Å².